The fourth-order valence-corrected chi connectivity index (χ4v) is 2.94. The van der Waals surface area contributed by atoms with E-state index in [1.54, 1.807) is 30.3 Å². The maximum atomic E-state index is 12.1. The molecule has 2 aromatic rings. The summed E-state index contributed by atoms with van der Waals surface area (Å²) in [7, 11) is 0. The third-order valence-electron chi connectivity index (χ3n) is 2.59. The molecule has 0 bridgehead atoms. The van der Waals surface area contributed by atoms with Gasteiger partial charge in [0.05, 0.1) is 10.0 Å². The predicted octanol–water partition coefficient (Wildman–Crippen LogP) is 5.47. The minimum atomic E-state index is -0.278. The molecule has 0 saturated heterocycles. The molecular weight excluding hydrogens is 407 g/mol. The SMILES string of the molecule is O=C(/C=C/c1ccc(Cl)cc1)c1cc(Br)cc(Br)c1O. The Labute approximate surface area is 138 Å². The number of carbonyl (C=O) groups excluding carboxylic acids is 1. The molecule has 2 aromatic carbocycles. The number of benzene rings is 2. The molecule has 0 amide bonds. The van der Waals surface area contributed by atoms with E-state index in [4.69, 9.17) is 11.6 Å². The van der Waals surface area contributed by atoms with Gasteiger partial charge < -0.3 is 5.11 Å². The van der Waals surface area contributed by atoms with Gasteiger partial charge in [-0.05, 0) is 51.8 Å². The van der Waals surface area contributed by atoms with E-state index in [9.17, 15) is 9.90 Å². The van der Waals surface area contributed by atoms with Crippen molar-refractivity contribution in [2.24, 2.45) is 0 Å². The molecule has 0 unspecified atom stereocenters. The maximum Gasteiger partial charge on any atom is 0.189 e. The van der Waals surface area contributed by atoms with Crippen LogP contribution in [0.5, 0.6) is 5.75 Å². The van der Waals surface area contributed by atoms with E-state index in [1.165, 1.54) is 6.08 Å². The van der Waals surface area contributed by atoms with Crippen LogP contribution in [0.1, 0.15) is 15.9 Å². The van der Waals surface area contributed by atoms with Crippen LogP contribution >= 0.6 is 43.5 Å². The first-order valence-electron chi connectivity index (χ1n) is 5.63. The number of phenolic OH excluding ortho intramolecular Hbond substituents is 1. The van der Waals surface area contributed by atoms with Crippen molar-refractivity contribution in [1.82, 2.24) is 0 Å². The van der Waals surface area contributed by atoms with Crippen molar-refractivity contribution in [2.75, 3.05) is 0 Å². The van der Waals surface area contributed by atoms with E-state index >= 15 is 0 Å². The number of rotatable bonds is 3. The Balaban J connectivity index is 2.26. The summed E-state index contributed by atoms with van der Waals surface area (Å²) >= 11 is 12.3. The first kappa shape index (κ1) is 15.3. The lowest BCUT2D eigenvalue weighted by atomic mass is 10.1. The summed E-state index contributed by atoms with van der Waals surface area (Å²) in [4.78, 5) is 12.1. The second kappa shape index (κ2) is 6.57. The molecule has 0 heterocycles. The molecule has 2 nitrogen and oxygen atoms in total. The summed E-state index contributed by atoms with van der Waals surface area (Å²) in [6.45, 7) is 0. The quantitative estimate of drug-likeness (QED) is 0.532. The molecule has 20 heavy (non-hydrogen) atoms. The van der Waals surface area contributed by atoms with Gasteiger partial charge in [0.25, 0.3) is 0 Å². The van der Waals surface area contributed by atoms with Crippen LogP contribution in [0.2, 0.25) is 5.02 Å². The first-order chi connectivity index (χ1) is 9.47. The van der Waals surface area contributed by atoms with Crippen LogP contribution in [0.15, 0.2) is 51.4 Å². The van der Waals surface area contributed by atoms with Crippen LogP contribution < -0.4 is 0 Å². The smallest absolute Gasteiger partial charge is 0.189 e. The molecule has 0 aliphatic carbocycles. The lowest BCUT2D eigenvalue weighted by molar-refractivity contribution is 0.104. The molecule has 2 rings (SSSR count). The summed E-state index contributed by atoms with van der Waals surface area (Å²) in [5.41, 5.74) is 1.09. The first-order valence-corrected chi connectivity index (χ1v) is 7.60. The van der Waals surface area contributed by atoms with Gasteiger partial charge in [-0.1, -0.05) is 45.7 Å². The Hall–Kier alpha value is -1.10. The van der Waals surface area contributed by atoms with Crippen LogP contribution in [0.25, 0.3) is 6.08 Å². The van der Waals surface area contributed by atoms with Crippen LogP contribution in [-0.2, 0) is 0 Å². The number of carbonyl (C=O) groups is 1. The van der Waals surface area contributed by atoms with Crippen LogP contribution in [0.3, 0.4) is 0 Å². The largest absolute Gasteiger partial charge is 0.506 e. The van der Waals surface area contributed by atoms with Crippen LogP contribution in [0, 0.1) is 0 Å². The molecule has 1 N–H and O–H groups in total. The summed E-state index contributed by atoms with van der Waals surface area (Å²) in [5, 5.41) is 10.5. The molecule has 102 valence electrons. The Bertz CT molecular complexity index is 679. The second-order valence-corrected chi connectivity index (χ2v) is 6.24. The van der Waals surface area contributed by atoms with Crippen LogP contribution in [-0.4, -0.2) is 10.9 Å². The highest BCUT2D eigenvalue weighted by Crippen LogP contribution is 2.32. The zero-order valence-electron chi connectivity index (χ0n) is 10.1. The van der Waals surface area contributed by atoms with Gasteiger partial charge in [0, 0.05) is 9.50 Å². The zero-order valence-corrected chi connectivity index (χ0v) is 14.0. The molecular formula is C15H9Br2ClO2. The molecule has 0 aliphatic heterocycles. The van der Waals surface area contributed by atoms with Gasteiger partial charge in [-0.3, -0.25) is 4.79 Å². The molecule has 0 atom stereocenters. The Kier molecular flexibility index (Phi) is 5.02. The summed E-state index contributed by atoms with van der Waals surface area (Å²) in [6, 6.07) is 10.4. The average Bonchev–Trinajstić information content (AvgIpc) is 2.42. The van der Waals surface area contributed by atoms with Gasteiger partial charge in [-0.15, -0.1) is 0 Å². The van der Waals surface area contributed by atoms with Crippen molar-refractivity contribution >= 4 is 55.3 Å². The molecule has 5 heteroatoms. The molecule has 0 fully saturated rings. The summed E-state index contributed by atoms with van der Waals surface area (Å²) in [5.74, 6) is -0.349. The third kappa shape index (κ3) is 3.72. The van der Waals surface area contributed by atoms with E-state index in [2.05, 4.69) is 31.9 Å². The topological polar surface area (TPSA) is 37.3 Å². The number of hydrogen-bond acceptors (Lipinski definition) is 2. The van der Waals surface area contributed by atoms with Gasteiger partial charge in [0.2, 0.25) is 0 Å². The van der Waals surface area contributed by atoms with Crippen LogP contribution in [0.4, 0.5) is 0 Å². The number of aromatic hydroxyl groups is 1. The highest BCUT2D eigenvalue weighted by molar-refractivity contribution is 9.11. The van der Waals surface area contributed by atoms with E-state index in [0.717, 1.165) is 5.56 Å². The highest BCUT2D eigenvalue weighted by Gasteiger charge is 2.12. The van der Waals surface area contributed by atoms with E-state index in [-0.39, 0.29) is 17.1 Å². The van der Waals surface area contributed by atoms with E-state index in [0.29, 0.717) is 14.0 Å². The van der Waals surface area contributed by atoms with E-state index < -0.39 is 0 Å². The van der Waals surface area contributed by atoms with Gasteiger partial charge in [-0.2, -0.15) is 0 Å². The standard InChI is InChI=1S/C15H9Br2ClO2/c16-10-7-12(15(20)13(17)8-10)14(19)6-3-9-1-4-11(18)5-2-9/h1-8,20H/b6-3+. The monoisotopic (exact) mass is 414 g/mol. The molecule has 0 saturated carbocycles. The number of ketones is 1. The minimum Gasteiger partial charge on any atom is -0.506 e. The normalized spacial score (nSPS) is 10.9. The summed E-state index contributed by atoms with van der Waals surface area (Å²) < 4.78 is 1.18. The second-order valence-electron chi connectivity index (χ2n) is 4.03. The lowest BCUT2D eigenvalue weighted by Gasteiger charge is -2.04. The fraction of sp³-hybridized carbons (Fsp3) is 0. The molecule has 0 aliphatic rings. The Morgan fingerprint density at radius 3 is 2.45 bits per heavy atom. The highest BCUT2D eigenvalue weighted by atomic mass is 79.9. The van der Waals surface area contributed by atoms with Crippen molar-refractivity contribution in [3.8, 4) is 5.75 Å². The van der Waals surface area contributed by atoms with Gasteiger partial charge >= 0.3 is 0 Å². The maximum absolute atomic E-state index is 12.1. The fourth-order valence-electron chi connectivity index (χ4n) is 1.59. The number of halogens is 3. The van der Waals surface area contributed by atoms with Crippen molar-refractivity contribution in [1.29, 1.82) is 0 Å². The molecule has 0 spiro atoms. The van der Waals surface area contributed by atoms with Gasteiger partial charge in [-0.25, -0.2) is 0 Å². The zero-order chi connectivity index (χ0) is 14.7. The third-order valence-corrected chi connectivity index (χ3v) is 3.91. The number of phenols is 1. The number of hydrogen-bond donors (Lipinski definition) is 1. The summed E-state index contributed by atoms with van der Waals surface area (Å²) in [6.07, 6.45) is 3.09. The molecule has 0 radical (unpaired) electrons. The van der Waals surface area contributed by atoms with Crippen molar-refractivity contribution < 1.29 is 9.90 Å². The lowest BCUT2D eigenvalue weighted by Crippen LogP contribution is -1.95. The Morgan fingerprint density at radius 1 is 1.15 bits per heavy atom. The van der Waals surface area contributed by atoms with Crippen molar-refractivity contribution in [2.45, 2.75) is 0 Å². The van der Waals surface area contributed by atoms with E-state index in [1.807, 2.05) is 12.1 Å². The van der Waals surface area contributed by atoms with Gasteiger partial charge in [0.15, 0.2) is 5.78 Å². The predicted molar refractivity (Wildman–Crippen MR) is 88.3 cm³/mol. The van der Waals surface area contributed by atoms with Crippen molar-refractivity contribution in [3.63, 3.8) is 0 Å². The average molecular weight is 416 g/mol. The van der Waals surface area contributed by atoms with Gasteiger partial charge in [0.1, 0.15) is 5.75 Å². The Morgan fingerprint density at radius 2 is 1.80 bits per heavy atom. The minimum absolute atomic E-state index is 0.0704. The molecule has 0 aromatic heterocycles. The number of allylic oxidation sites excluding steroid dienone is 1. The van der Waals surface area contributed by atoms with Crippen molar-refractivity contribution in [3.05, 3.63) is 67.6 Å².